The molecular weight excluding hydrogens is 472 g/mol. The van der Waals surface area contributed by atoms with Gasteiger partial charge in [-0.25, -0.2) is 0 Å². The van der Waals surface area contributed by atoms with Crippen molar-refractivity contribution in [1.29, 1.82) is 0 Å². The number of halogens is 1. The lowest BCUT2D eigenvalue weighted by Gasteiger charge is -2.26. The Bertz CT molecular complexity index is 1200. The summed E-state index contributed by atoms with van der Waals surface area (Å²) in [5, 5.41) is 0.447. The van der Waals surface area contributed by atoms with Gasteiger partial charge in [0.15, 0.2) is 5.43 Å². The molecule has 6 nitrogen and oxygen atoms in total. The first-order chi connectivity index (χ1) is 15.5. The smallest absolute Gasteiger partial charge is 0.290 e. The molecule has 0 fully saturated rings. The summed E-state index contributed by atoms with van der Waals surface area (Å²) in [6.07, 6.45) is 0.813. The number of rotatable bonds is 8. The number of nitrogens with zero attached hydrogens (tertiary/aromatic N) is 2. The lowest BCUT2D eigenvalue weighted by Crippen LogP contribution is -2.33. The highest BCUT2D eigenvalue weighted by Gasteiger charge is 2.42. The minimum atomic E-state index is -0.477. The Hall–Kier alpha value is -2.64. The molecular formula is C25H27BrN2O4. The molecule has 1 aromatic heterocycles. The topological polar surface area (TPSA) is 63.0 Å². The van der Waals surface area contributed by atoms with Crippen LogP contribution >= 0.6 is 15.9 Å². The average Bonchev–Trinajstić information content (AvgIpc) is 3.08. The molecule has 0 spiro atoms. The van der Waals surface area contributed by atoms with Gasteiger partial charge >= 0.3 is 0 Å². The highest BCUT2D eigenvalue weighted by molar-refractivity contribution is 9.10. The van der Waals surface area contributed by atoms with E-state index >= 15 is 0 Å². The Kier molecular flexibility index (Phi) is 6.67. The van der Waals surface area contributed by atoms with Gasteiger partial charge in [0.25, 0.3) is 5.91 Å². The number of amides is 1. The molecule has 1 amide bonds. The van der Waals surface area contributed by atoms with Crippen LogP contribution in [0.3, 0.4) is 0 Å². The van der Waals surface area contributed by atoms with Crippen LogP contribution in [0.2, 0.25) is 0 Å². The third kappa shape index (κ3) is 4.07. The maximum atomic E-state index is 13.6. The first kappa shape index (κ1) is 22.6. The van der Waals surface area contributed by atoms with Gasteiger partial charge in [0.2, 0.25) is 5.76 Å². The molecule has 1 aliphatic heterocycles. The molecule has 0 aliphatic carbocycles. The summed E-state index contributed by atoms with van der Waals surface area (Å²) in [6, 6.07) is 12.4. The zero-order valence-corrected chi connectivity index (χ0v) is 20.1. The average molecular weight is 499 g/mol. The van der Waals surface area contributed by atoms with Crippen LogP contribution in [0.25, 0.3) is 11.0 Å². The maximum Gasteiger partial charge on any atom is 0.290 e. The fraction of sp³-hybridized carbons (Fsp3) is 0.360. The van der Waals surface area contributed by atoms with Crippen LogP contribution in [0.1, 0.15) is 48.0 Å². The second kappa shape index (κ2) is 9.46. The summed E-state index contributed by atoms with van der Waals surface area (Å²) in [4.78, 5) is 31.1. The van der Waals surface area contributed by atoms with Gasteiger partial charge in [-0.05, 0) is 55.9 Å². The number of hydrogen-bond acceptors (Lipinski definition) is 5. The van der Waals surface area contributed by atoms with E-state index in [1.54, 1.807) is 30.2 Å². The molecule has 2 heterocycles. The van der Waals surface area contributed by atoms with Gasteiger partial charge in [-0.15, -0.1) is 0 Å². The van der Waals surface area contributed by atoms with Crippen molar-refractivity contribution in [2.45, 2.75) is 26.3 Å². The Morgan fingerprint density at radius 2 is 1.91 bits per heavy atom. The number of hydrogen-bond donors (Lipinski definition) is 0. The molecule has 1 atom stereocenters. The molecule has 0 N–H and O–H groups in total. The number of carbonyl (C=O) groups is 1. The van der Waals surface area contributed by atoms with E-state index in [-0.39, 0.29) is 17.1 Å². The third-order valence-corrected chi connectivity index (χ3v) is 6.60. The van der Waals surface area contributed by atoms with Gasteiger partial charge in [0, 0.05) is 17.1 Å². The van der Waals surface area contributed by atoms with E-state index in [0.29, 0.717) is 28.8 Å². The van der Waals surface area contributed by atoms with Crippen LogP contribution in [-0.4, -0.2) is 49.0 Å². The van der Waals surface area contributed by atoms with E-state index in [4.69, 9.17) is 9.15 Å². The van der Waals surface area contributed by atoms with Gasteiger partial charge in [-0.3, -0.25) is 9.59 Å². The zero-order chi connectivity index (χ0) is 22.8. The van der Waals surface area contributed by atoms with Gasteiger partial charge < -0.3 is 19.0 Å². The summed E-state index contributed by atoms with van der Waals surface area (Å²) >= 11 is 3.52. The second-order valence-corrected chi connectivity index (χ2v) is 8.79. The van der Waals surface area contributed by atoms with Crippen LogP contribution in [0.4, 0.5) is 0 Å². The third-order valence-electron chi connectivity index (χ3n) is 6.11. The van der Waals surface area contributed by atoms with Crippen LogP contribution in [0, 0.1) is 0 Å². The molecule has 1 unspecified atom stereocenters. The van der Waals surface area contributed by atoms with Crippen molar-refractivity contribution in [3.63, 3.8) is 0 Å². The number of carbonyl (C=O) groups excluding carboxylic acids is 1. The molecule has 7 heteroatoms. The molecule has 0 saturated heterocycles. The monoisotopic (exact) mass is 498 g/mol. The van der Waals surface area contributed by atoms with Crippen molar-refractivity contribution in [2.24, 2.45) is 0 Å². The molecule has 4 rings (SSSR count). The summed E-state index contributed by atoms with van der Waals surface area (Å²) < 4.78 is 12.2. The SMILES string of the molecule is CCN(CC)CCCN1C(=O)c2oc3cc(OC)ccc3c(=O)c2C1c1cccc(Br)c1. The quantitative estimate of drug-likeness (QED) is 0.444. The Labute approximate surface area is 195 Å². The summed E-state index contributed by atoms with van der Waals surface area (Å²) in [7, 11) is 1.55. The zero-order valence-electron chi connectivity index (χ0n) is 18.6. The minimum absolute atomic E-state index is 0.128. The molecule has 0 saturated carbocycles. The van der Waals surface area contributed by atoms with Crippen molar-refractivity contribution in [2.75, 3.05) is 33.3 Å². The largest absolute Gasteiger partial charge is 0.497 e. The van der Waals surface area contributed by atoms with E-state index in [9.17, 15) is 9.59 Å². The van der Waals surface area contributed by atoms with E-state index < -0.39 is 6.04 Å². The van der Waals surface area contributed by atoms with Crippen molar-refractivity contribution >= 4 is 32.8 Å². The van der Waals surface area contributed by atoms with Crippen LogP contribution in [0.15, 0.2) is 56.1 Å². The Morgan fingerprint density at radius 1 is 1.12 bits per heavy atom. The first-order valence-corrected chi connectivity index (χ1v) is 11.7. The molecule has 32 heavy (non-hydrogen) atoms. The van der Waals surface area contributed by atoms with Crippen LogP contribution in [0.5, 0.6) is 5.75 Å². The second-order valence-electron chi connectivity index (χ2n) is 7.87. The van der Waals surface area contributed by atoms with E-state index in [2.05, 4.69) is 34.7 Å². The normalized spacial score (nSPS) is 15.6. The number of benzene rings is 2. The Balaban J connectivity index is 1.81. The van der Waals surface area contributed by atoms with E-state index in [0.717, 1.165) is 36.1 Å². The number of methoxy groups -OCH3 is 1. The highest BCUT2D eigenvalue weighted by Crippen LogP contribution is 2.39. The molecule has 168 valence electrons. The molecule has 1 aliphatic rings. The summed E-state index contributed by atoms with van der Waals surface area (Å²) in [6.45, 7) is 7.62. The summed E-state index contributed by atoms with van der Waals surface area (Å²) in [5.41, 5.74) is 1.48. The standard InChI is InChI=1S/C25H27BrN2O4/c1-4-27(5-2)12-7-13-28-22(16-8-6-9-17(26)14-16)21-23(29)19-11-10-18(31-3)15-20(19)32-24(21)25(28)30/h6,8-11,14-15,22H,4-5,7,12-13H2,1-3H3. The van der Waals surface area contributed by atoms with Crippen molar-refractivity contribution in [3.05, 3.63) is 74.0 Å². The predicted molar refractivity (Wildman–Crippen MR) is 128 cm³/mol. The molecule has 2 aromatic carbocycles. The maximum absolute atomic E-state index is 13.6. The lowest BCUT2D eigenvalue weighted by atomic mass is 9.98. The molecule has 0 radical (unpaired) electrons. The van der Waals surface area contributed by atoms with Crippen LogP contribution < -0.4 is 10.2 Å². The van der Waals surface area contributed by atoms with E-state index in [1.165, 1.54) is 0 Å². The van der Waals surface area contributed by atoms with Gasteiger partial charge in [0.1, 0.15) is 11.3 Å². The van der Waals surface area contributed by atoms with Crippen molar-refractivity contribution in [1.82, 2.24) is 9.80 Å². The fourth-order valence-corrected chi connectivity index (χ4v) is 4.80. The molecule has 0 bridgehead atoms. The first-order valence-electron chi connectivity index (χ1n) is 10.9. The van der Waals surface area contributed by atoms with Gasteiger partial charge in [-0.1, -0.05) is 41.9 Å². The minimum Gasteiger partial charge on any atom is -0.497 e. The fourth-order valence-electron chi connectivity index (χ4n) is 4.38. The number of ether oxygens (including phenoxy) is 1. The lowest BCUT2D eigenvalue weighted by molar-refractivity contribution is 0.0720. The Morgan fingerprint density at radius 3 is 2.59 bits per heavy atom. The predicted octanol–water partition coefficient (Wildman–Crippen LogP) is 4.84. The van der Waals surface area contributed by atoms with Gasteiger partial charge in [-0.2, -0.15) is 0 Å². The van der Waals surface area contributed by atoms with Crippen molar-refractivity contribution in [3.8, 4) is 5.75 Å². The van der Waals surface area contributed by atoms with Crippen molar-refractivity contribution < 1.29 is 13.9 Å². The summed E-state index contributed by atoms with van der Waals surface area (Å²) in [5.74, 6) is 0.459. The van der Waals surface area contributed by atoms with E-state index in [1.807, 2.05) is 24.3 Å². The number of fused-ring (bicyclic) bond motifs is 2. The van der Waals surface area contributed by atoms with Gasteiger partial charge in [0.05, 0.1) is 24.1 Å². The van der Waals surface area contributed by atoms with Crippen LogP contribution in [-0.2, 0) is 0 Å². The molecule has 3 aromatic rings. The highest BCUT2D eigenvalue weighted by atomic mass is 79.9.